The van der Waals surface area contributed by atoms with Crippen LogP contribution in [-0.4, -0.2) is 5.11 Å². The van der Waals surface area contributed by atoms with E-state index in [0.29, 0.717) is 13.2 Å². The monoisotopic (exact) mass is 330 g/mol. The summed E-state index contributed by atoms with van der Waals surface area (Å²) in [5, 5.41) is 10.1. The molecule has 0 amide bonds. The number of rotatable bonds is 6. The highest BCUT2D eigenvalue weighted by molar-refractivity contribution is 5.80. The molecule has 3 rings (SSSR count). The molecule has 1 N–H and O–H groups in total. The van der Waals surface area contributed by atoms with Crippen molar-refractivity contribution in [1.29, 1.82) is 0 Å². The summed E-state index contributed by atoms with van der Waals surface area (Å²) in [5.41, 5.74) is 5.91. The summed E-state index contributed by atoms with van der Waals surface area (Å²) in [6.45, 7) is 7.11. The number of aryl methyl sites for hydroxylation is 1. The van der Waals surface area contributed by atoms with E-state index in [1.165, 1.54) is 0 Å². The number of phenols is 1. The molecule has 0 aliphatic carbocycles. The van der Waals surface area contributed by atoms with Crippen LogP contribution in [0, 0.1) is 6.92 Å². The fraction of sp³-hybridized carbons (Fsp3) is 0.130. The van der Waals surface area contributed by atoms with Gasteiger partial charge in [0.05, 0.1) is 13.2 Å². The third-order valence-corrected chi connectivity index (χ3v) is 4.24. The highest BCUT2D eigenvalue weighted by Gasteiger charge is 2.11. The maximum Gasteiger partial charge on any atom is 0.118 e. The normalized spacial score (nSPS) is 10.6. The maximum absolute atomic E-state index is 10.1. The Labute approximate surface area is 149 Å². The number of benzene rings is 3. The molecule has 0 radical (unpaired) electrons. The van der Waals surface area contributed by atoms with Gasteiger partial charge in [0.1, 0.15) is 5.75 Å². The summed E-state index contributed by atoms with van der Waals surface area (Å²) < 4.78 is 5.88. The molecule has 2 nitrogen and oxygen atoms in total. The highest BCUT2D eigenvalue weighted by atomic mass is 16.5. The predicted octanol–water partition coefficient (Wildman–Crippen LogP) is 5.48. The lowest BCUT2D eigenvalue weighted by Crippen LogP contribution is -2.00. The van der Waals surface area contributed by atoms with E-state index in [1.807, 2.05) is 73.7 Å². The Kier molecular flexibility index (Phi) is 5.32. The minimum atomic E-state index is 0.280. The topological polar surface area (TPSA) is 29.5 Å². The van der Waals surface area contributed by atoms with Gasteiger partial charge in [-0.3, -0.25) is 0 Å². The van der Waals surface area contributed by atoms with Crippen molar-refractivity contribution in [2.75, 3.05) is 0 Å². The molecule has 0 aromatic heterocycles. The summed E-state index contributed by atoms with van der Waals surface area (Å²) in [6, 6.07) is 23.9. The van der Waals surface area contributed by atoms with Crippen molar-refractivity contribution in [3.8, 4) is 5.75 Å². The van der Waals surface area contributed by atoms with Crippen LogP contribution in [0.15, 0.2) is 79.4 Å². The van der Waals surface area contributed by atoms with Crippen molar-refractivity contribution >= 4 is 5.57 Å². The standard InChI is InChI=1S/C23H22O2/c1-17-13-22(18(2)20-11-7-4-8-12-20)21(14-23(17)24)16-25-15-19-9-5-3-6-10-19/h3-14,24H,2,15-16H2,1H3. The van der Waals surface area contributed by atoms with Crippen LogP contribution in [-0.2, 0) is 18.0 Å². The summed E-state index contributed by atoms with van der Waals surface area (Å²) in [7, 11) is 0. The van der Waals surface area contributed by atoms with Crippen molar-refractivity contribution in [2.24, 2.45) is 0 Å². The Balaban J connectivity index is 1.82. The van der Waals surface area contributed by atoms with Gasteiger partial charge >= 0.3 is 0 Å². The quantitative estimate of drug-likeness (QED) is 0.648. The van der Waals surface area contributed by atoms with Gasteiger partial charge in [-0.1, -0.05) is 67.2 Å². The lowest BCUT2D eigenvalue weighted by molar-refractivity contribution is 0.107. The first-order valence-corrected chi connectivity index (χ1v) is 8.34. The minimum Gasteiger partial charge on any atom is -0.508 e. The first-order valence-electron chi connectivity index (χ1n) is 8.34. The lowest BCUT2D eigenvalue weighted by atomic mass is 9.93. The number of phenolic OH excluding ortho intramolecular Hbond substituents is 1. The van der Waals surface area contributed by atoms with Gasteiger partial charge in [-0.25, -0.2) is 0 Å². The Morgan fingerprint density at radius 1 is 0.920 bits per heavy atom. The van der Waals surface area contributed by atoms with E-state index >= 15 is 0 Å². The van der Waals surface area contributed by atoms with Gasteiger partial charge in [-0.15, -0.1) is 0 Å². The maximum atomic E-state index is 10.1. The molecule has 2 heteroatoms. The zero-order chi connectivity index (χ0) is 17.6. The molecule has 0 fully saturated rings. The van der Waals surface area contributed by atoms with Gasteiger partial charge in [0.25, 0.3) is 0 Å². The van der Waals surface area contributed by atoms with Crippen LogP contribution in [0.2, 0.25) is 0 Å². The predicted molar refractivity (Wildman–Crippen MR) is 102 cm³/mol. The van der Waals surface area contributed by atoms with Crippen molar-refractivity contribution < 1.29 is 9.84 Å². The molecule has 0 saturated heterocycles. The van der Waals surface area contributed by atoms with Gasteiger partial charge in [0.2, 0.25) is 0 Å². The van der Waals surface area contributed by atoms with E-state index in [2.05, 4.69) is 6.58 Å². The summed E-state index contributed by atoms with van der Waals surface area (Å²) in [5.74, 6) is 0.280. The minimum absolute atomic E-state index is 0.280. The van der Waals surface area contributed by atoms with Crippen LogP contribution in [0.4, 0.5) is 0 Å². The van der Waals surface area contributed by atoms with E-state index in [1.54, 1.807) is 6.07 Å². The molecule has 0 saturated carbocycles. The highest BCUT2D eigenvalue weighted by Crippen LogP contribution is 2.30. The molecule has 126 valence electrons. The molecule has 3 aromatic rings. The van der Waals surface area contributed by atoms with Crippen LogP contribution in [0.5, 0.6) is 5.75 Å². The Bertz CT molecular complexity index is 852. The molecule has 0 aliphatic rings. The van der Waals surface area contributed by atoms with E-state index in [4.69, 9.17) is 4.74 Å². The molecular formula is C23H22O2. The molecule has 0 bridgehead atoms. The molecule has 0 aliphatic heterocycles. The zero-order valence-electron chi connectivity index (χ0n) is 14.4. The Morgan fingerprint density at radius 3 is 2.24 bits per heavy atom. The molecule has 0 atom stereocenters. The number of ether oxygens (including phenoxy) is 1. The van der Waals surface area contributed by atoms with Gasteiger partial charge in [-0.05, 0) is 52.4 Å². The summed E-state index contributed by atoms with van der Waals surface area (Å²) >= 11 is 0. The van der Waals surface area contributed by atoms with Crippen LogP contribution < -0.4 is 0 Å². The largest absolute Gasteiger partial charge is 0.508 e. The second kappa shape index (κ2) is 7.82. The number of hydrogen-bond acceptors (Lipinski definition) is 2. The van der Waals surface area contributed by atoms with E-state index < -0.39 is 0 Å². The smallest absolute Gasteiger partial charge is 0.118 e. The Morgan fingerprint density at radius 2 is 1.56 bits per heavy atom. The zero-order valence-corrected chi connectivity index (χ0v) is 14.4. The third kappa shape index (κ3) is 4.17. The first-order chi connectivity index (χ1) is 12.1. The van der Waals surface area contributed by atoms with Crippen LogP contribution >= 0.6 is 0 Å². The number of hydrogen-bond donors (Lipinski definition) is 1. The molecule has 0 unspecified atom stereocenters. The second-order valence-corrected chi connectivity index (χ2v) is 6.12. The fourth-order valence-corrected chi connectivity index (χ4v) is 2.79. The molecule has 3 aromatic carbocycles. The van der Waals surface area contributed by atoms with Crippen molar-refractivity contribution in [2.45, 2.75) is 20.1 Å². The van der Waals surface area contributed by atoms with E-state index in [9.17, 15) is 5.11 Å². The van der Waals surface area contributed by atoms with Gasteiger partial charge in [0.15, 0.2) is 0 Å². The SMILES string of the molecule is C=C(c1ccccc1)c1cc(C)c(O)cc1COCc1ccccc1. The van der Waals surface area contributed by atoms with Gasteiger partial charge < -0.3 is 9.84 Å². The second-order valence-electron chi connectivity index (χ2n) is 6.12. The lowest BCUT2D eigenvalue weighted by Gasteiger charge is -2.15. The van der Waals surface area contributed by atoms with E-state index in [-0.39, 0.29) is 5.75 Å². The molecule has 0 heterocycles. The average Bonchev–Trinajstić information content (AvgIpc) is 2.65. The fourth-order valence-electron chi connectivity index (χ4n) is 2.79. The molecule has 0 spiro atoms. The summed E-state index contributed by atoms with van der Waals surface area (Å²) in [6.07, 6.45) is 0. The van der Waals surface area contributed by atoms with Crippen molar-refractivity contribution in [3.63, 3.8) is 0 Å². The van der Waals surface area contributed by atoms with Gasteiger partial charge in [0, 0.05) is 0 Å². The van der Waals surface area contributed by atoms with Crippen LogP contribution in [0.3, 0.4) is 0 Å². The van der Waals surface area contributed by atoms with Crippen molar-refractivity contribution in [1.82, 2.24) is 0 Å². The third-order valence-electron chi connectivity index (χ3n) is 4.24. The van der Waals surface area contributed by atoms with Crippen LogP contribution in [0.25, 0.3) is 5.57 Å². The Hall–Kier alpha value is -2.84. The van der Waals surface area contributed by atoms with Gasteiger partial charge in [-0.2, -0.15) is 0 Å². The first kappa shape index (κ1) is 17.0. The number of aromatic hydroxyl groups is 1. The summed E-state index contributed by atoms with van der Waals surface area (Å²) in [4.78, 5) is 0. The molecular weight excluding hydrogens is 308 g/mol. The average molecular weight is 330 g/mol. The van der Waals surface area contributed by atoms with Crippen LogP contribution in [0.1, 0.15) is 27.8 Å². The van der Waals surface area contributed by atoms with Crippen molar-refractivity contribution in [3.05, 3.63) is 107 Å². The van der Waals surface area contributed by atoms with E-state index in [0.717, 1.165) is 33.4 Å². The molecule has 25 heavy (non-hydrogen) atoms.